The van der Waals surface area contributed by atoms with Gasteiger partial charge in [0.25, 0.3) is 0 Å². The average Bonchev–Trinajstić information content (AvgIpc) is 3.19. The number of rotatable bonds is 4. The molecule has 0 saturated heterocycles. The predicted octanol–water partition coefficient (Wildman–Crippen LogP) is 9.60. The molecule has 1 aliphatic carbocycles. The van der Waals surface area contributed by atoms with Crippen LogP contribution in [0, 0.1) is 19.8 Å². The molecule has 5 aromatic carbocycles. The first kappa shape index (κ1) is 27.2. The summed E-state index contributed by atoms with van der Waals surface area (Å²) < 4.78 is 0. The van der Waals surface area contributed by atoms with Crippen molar-refractivity contribution in [1.29, 1.82) is 0 Å². The van der Waals surface area contributed by atoms with Gasteiger partial charge in [-0.3, -0.25) is 4.79 Å². The Labute approximate surface area is 255 Å². The smallest absolute Gasteiger partial charge is 0.173 e. The number of ketones is 1. The molecule has 2 atom stereocenters. The van der Waals surface area contributed by atoms with E-state index >= 15 is 4.79 Å². The Hall–Kier alpha value is -4.69. The number of carbonyl (C=O) groups is 1. The minimum absolute atomic E-state index is 0.145. The van der Waals surface area contributed by atoms with Crippen LogP contribution in [-0.2, 0) is 5.41 Å². The molecular weight excluding hydrogens is 522 g/mol. The molecule has 43 heavy (non-hydrogen) atoms. The number of anilines is 1. The average molecular weight is 560 g/mol. The first-order valence-electron chi connectivity index (χ1n) is 15.2. The standard InChI is InChI=1S/C41H37NO/c1-27-15-19-29(20-16-27)33-25-35(30-11-7-6-8-12-30)37(39(43)32-21-17-28(2)18-22-32)41(26-33)40(3,4)36-24-23-31-13-9-10-14-34(31)38(36)42(41)5/h6-26,37H,1-5H3/t37-,41-/m0/s1. The van der Waals surface area contributed by atoms with E-state index in [1.165, 1.54) is 27.6 Å². The second-order valence-corrected chi connectivity index (χ2v) is 12.8. The molecule has 0 aromatic heterocycles. The molecule has 1 aliphatic heterocycles. The third kappa shape index (κ3) is 4.04. The van der Waals surface area contributed by atoms with E-state index in [-0.39, 0.29) is 5.78 Å². The third-order valence-corrected chi connectivity index (χ3v) is 9.99. The van der Waals surface area contributed by atoms with Gasteiger partial charge in [0, 0.05) is 29.1 Å². The van der Waals surface area contributed by atoms with E-state index in [2.05, 4.69) is 137 Å². The van der Waals surface area contributed by atoms with Gasteiger partial charge in [0.1, 0.15) is 0 Å². The fourth-order valence-corrected chi connectivity index (χ4v) is 7.64. The lowest BCUT2D eigenvalue weighted by Crippen LogP contribution is -2.61. The van der Waals surface area contributed by atoms with Gasteiger partial charge in [0.2, 0.25) is 0 Å². The second-order valence-electron chi connectivity index (χ2n) is 12.8. The van der Waals surface area contributed by atoms with Gasteiger partial charge in [-0.1, -0.05) is 140 Å². The minimum Gasteiger partial charge on any atom is -0.363 e. The van der Waals surface area contributed by atoms with Crippen molar-refractivity contribution >= 4 is 33.4 Å². The molecule has 1 heterocycles. The third-order valence-electron chi connectivity index (χ3n) is 9.99. The highest BCUT2D eigenvalue weighted by Crippen LogP contribution is 2.61. The van der Waals surface area contributed by atoms with Crippen LogP contribution in [0.25, 0.3) is 21.9 Å². The van der Waals surface area contributed by atoms with E-state index in [1.54, 1.807) is 0 Å². The molecular formula is C41H37NO. The van der Waals surface area contributed by atoms with Crippen molar-refractivity contribution < 1.29 is 4.79 Å². The number of Topliss-reactive ketones (excluding diaryl/α,β-unsaturated/α-hetero) is 1. The van der Waals surface area contributed by atoms with Crippen LogP contribution in [-0.4, -0.2) is 18.4 Å². The lowest BCUT2D eigenvalue weighted by atomic mass is 9.57. The van der Waals surface area contributed by atoms with E-state index < -0.39 is 16.9 Å². The summed E-state index contributed by atoms with van der Waals surface area (Å²) in [7, 11) is 2.20. The van der Waals surface area contributed by atoms with Gasteiger partial charge in [-0.25, -0.2) is 0 Å². The summed E-state index contributed by atoms with van der Waals surface area (Å²) in [5, 5.41) is 2.43. The van der Waals surface area contributed by atoms with Crippen molar-refractivity contribution in [3.63, 3.8) is 0 Å². The summed E-state index contributed by atoms with van der Waals surface area (Å²) in [6.07, 6.45) is 4.68. The molecule has 2 heteroatoms. The summed E-state index contributed by atoms with van der Waals surface area (Å²) in [4.78, 5) is 17.5. The zero-order valence-electron chi connectivity index (χ0n) is 25.6. The van der Waals surface area contributed by atoms with Crippen molar-refractivity contribution in [2.24, 2.45) is 5.92 Å². The molecule has 0 N–H and O–H groups in total. The highest BCUT2D eigenvalue weighted by Gasteiger charge is 2.62. The Kier molecular flexibility index (Phi) is 6.29. The summed E-state index contributed by atoms with van der Waals surface area (Å²) in [5.74, 6) is -0.302. The number of hydrogen-bond acceptors (Lipinski definition) is 2. The maximum Gasteiger partial charge on any atom is 0.173 e. The summed E-state index contributed by atoms with van der Waals surface area (Å²) in [5.41, 5.74) is 8.94. The van der Waals surface area contributed by atoms with Crippen LogP contribution in [0.15, 0.2) is 127 Å². The zero-order chi connectivity index (χ0) is 29.9. The molecule has 0 saturated carbocycles. The number of carbonyl (C=O) groups excluding carboxylic acids is 1. The number of nitrogens with zero attached hydrogens (tertiary/aromatic N) is 1. The number of hydrogen-bond donors (Lipinski definition) is 0. The summed E-state index contributed by atoms with van der Waals surface area (Å²) in [6, 6.07) is 40.5. The van der Waals surface area contributed by atoms with Gasteiger partial charge >= 0.3 is 0 Å². The van der Waals surface area contributed by atoms with Gasteiger partial charge in [-0.15, -0.1) is 0 Å². The van der Waals surface area contributed by atoms with Gasteiger partial charge < -0.3 is 4.90 Å². The fraction of sp³-hybridized carbons (Fsp3) is 0.195. The van der Waals surface area contributed by atoms with E-state index in [0.717, 1.165) is 33.4 Å². The van der Waals surface area contributed by atoms with E-state index in [9.17, 15) is 0 Å². The van der Waals surface area contributed by atoms with Crippen LogP contribution in [0.2, 0.25) is 0 Å². The van der Waals surface area contributed by atoms with Gasteiger partial charge in [0.05, 0.1) is 11.5 Å². The first-order chi connectivity index (χ1) is 20.7. The number of fused-ring (bicyclic) bond motifs is 3. The maximum absolute atomic E-state index is 15.1. The zero-order valence-corrected chi connectivity index (χ0v) is 25.6. The first-order valence-corrected chi connectivity index (χ1v) is 15.2. The quantitative estimate of drug-likeness (QED) is 0.204. The SMILES string of the molecule is Cc1ccc(C(=O)[C@@H]2C(c3ccccc3)=CC(c3ccc(C)cc3)=C[C@]23N(C)c2c(ccc4ccccc24)C3(C)C)cc1. The Balaban J connectivity index is 1.57. The summed E-state index contributed by atoms with van der Waals surface area (Å²) >= 11 is 0. The van der Waals surface area contributed by atoms with Gasteiger partial charge in [-0.2, -0.15) is 0 Å². The van der Waals surface area contributed by atoms with Crippen molar-refractivity contribution in [2.45, 2.75) is 38.6 Å². The topological polar surface area (TPSA) is 20.3 Å². The van der Waals surface area contributed by atoms with Crippen LogP contribution in [0.1, 0.15) is 52.0 Å². The molecule has 5 aromatic rings. The normalized spacial score (nSPS) is 20.6. The van der Waals surface area contributed by atoms with Crippen LogP contribution in [0.5, 0.6) is 0 Å². The maximum atomic E-state index is 15.1. The number of aryl methyl sites for hydroxylation is 2. The number of likely N-dealkylation sites (N-methyl/N-ethyl adjacent to an activating group) is 1. The van der Waals surface area contributed by atoms with E-state index in [0.29, 0.717) is 0 Å². The fourth-order valence-electron chi connectivity index (χ4n) is 7.64. The largest absolute Gasteiger partial charge is 0.363 e. The van der Waals surface area contributed by atoms with Crippen molar-refractivity contribution in [3.8, 4) is 0 Å². The van der Waals surface area contributed by atoms with E-state index in [4.69, 9.17) is 0 Å². The number of benzene rings is 5. The van der Waals surface area contributed by atoms with Crippen LogP contribution >= 0.6 is 0 Å². The molecule has 0 bridgehead atoms. The number of allylic oxidation sites excluding steroid dienone is 2. The molecule has 0 unspecified atom stereocenters. The predicted molar refractivity (Wildman–Crippen MR) is 181 cm³/mol. The molecule has 0 radical (unpaired) electrons. The molecule has 0 amide bonds. The lowest BCUT2D eigenvalue weighted by Gasteiger charge is -2.52. The van der Waals surface area contributed by atoms with E-state index in [1.807, 2.05) is 30.3 Å². The van der Waals surface area contributed by atoms with Crippen molar-refractivity contribution in [2.75, 3.05) is 11.9 Å². The molecule has 7 rings (SSSR count). The van der Waals surface area contributed by atoms with Crippen LogP contribution in [0.4, 0.5) is 5.69 Å². The van der Waals surface area contributed by atoms with Gasteiger partial charge in [-0.05, 0) is 59.2 Å². The minimum atomic E-state index is -0.679. The second kappa shape index (κ2) is 9.95. The Bertz CT molecular complexity index is 1930. The highest BCUT2D eigenvalue weighted by atomic mass is 16.1. The Morgan fingerprint density at radius 1 is 0.698 bits per heavy atom. The van der Waals surface area contributed by atoms with Crippen LogP contribution < -0.4 is 4.90 Å². The summed E-state index contributed by atoms with van der Waals surface area (Å²) in [6.45, 7) is 8.85. The lowest BCUT2D eigenvalue weighted by molar-refractivity contribution is 0.0885. The van der Waals surface area contributed by atoms with Crippen molar-refractivity contribution in [3.05, 3.63) is 161 Å². The monoisotopic (exact) mass is 559 g/mol. The van der Waals surface area contributed by atoms with Crippen molar-refractivity contribution in [1.82, 2.24) is 0 Å². The Morgan fingerprint density at radius 3 is 2.02 bits per heavy atom. The molecule has 2 aliphatic rings. The van der Waals surface area contributed by atoms with Crippen LogP contribution in [0.3, 0.4) is 0 Å². The highest BCUT2D eigenvalue weighted by molar-refractivity contribution is 6.11. The molecule has 212 valence electrons. The molecule has 1 spiro atoms. The molecule has 0 fully saturated rings. The van der Waals surface area contributed by atoms with Gasteiger partial charge in [0.15, 0.2) is 5.78 Å². The Morgan fingerprint density at radius 2 is 1.33 bits per heavy atom. The molecule has 2 nitrogen and oxygen atoms in total.